The number of nitrogens with zero attached hydrogens (tertiary/aromatic N) is 4. The van der Waals surface area contributed by atoms with Crippen LogP contribution in [-0.2, 0) is 0 Å². The first-order valence-electron chi connectivity index (χ1n) is 8.01. The fourth-order valence-electron chi connectivity index (χ4n) is 2.98. The molecule has 0 aliphatic heterocycles. The molecule has 0 aliphatic rings. The monoisotopic (exact) mass is 397 g/mol. The van der Waals surface area contributed by atoms with Crippen LogP contribution in [0.5, 0.6) is 0 Å². The maximum Gasteiger partial charge on any atom is 0.254 e. The number of rotatable bonds is 3. The maximum absolute atomic E-state index is 12.2. The summed E-state index contributed by atoms with van der Waals surface area (Å²) < 4.78 is 1.52. The van der Waals surface area contributed by atoms with Crippen LogP contribution >= 0.6 is 23.2 Å². The molecule has 4 aromatic rings. The molecule has 27 heavy (non-hydrogen) atoms. The number of aromatic nitrogens is 4. The van der Waals surface area contributed by atoms with Gasteiger partial charge >= 0.3 is 0 Å². The number of carbonyl (C=O) groups excluding carboxylic acids is 1. The number of benzene rings is 1. The number of pyridine rings is 1. The molecule has 0 saturated heterocycles. The van der Waals surface area contributed by atoms with Crippen LogP contribution in [0, 0.1) is 6.92 Å². The van der Waals surface area contributed by atoms with E-state index in [1.165, 1.54) is 4.52 Å². The molecule has 134 valence electrons. The van der Waals surface area contributed by atoms with Gasteiger partial charge in [0.25, 0.3) is 5.91 Å². The van der Waals surface area contributed by atoms with E-state index in [9.17, 15) is 4.79 Å². The van der Waals surface area contributed by atoms with Crippen molar-refractivity contribution in [2.45, 2.75) is 6.92 Å². The Bertz CT molecular complexity index is 1200. The Kier molecular flexibility index (Phi) is 4.30. The first kappa shape index (κ1) is 17.5. The lowest BCUT2D eigenvalue weighted by Crippen LogP contribution is -2.12. The second kappa shape index (κ2) is 6.64. The Morgan fingerprint density at radius 3 is 2.70 bits per heavy atom. The number of primary amides is 1. The van der Waals surface area contributed by atoms with Crippen LogP contribution in [0.3, 0.4) is 0 Å². The molecular formula is C19H13Cl2N5O. The molecule has 8 heteroatoms. The minimum atomic E-state index is -0.615. The quantitative estimate of drug-likeness (QED) is 0.561. The van der Waals surface area contributed by atoms with Crippen LogP contribution in [0.2, 0.25) is 10.0 Å². The third-order valence-corrected chi connectivity index (χ3v) is 4.72. The van der Waals surface area contributed by atoms with Crippen molar-refractivity contribution in [1.29, 1.82) is 0 Å². The standard InChI is InChI=1S/C19H13Cl2N5O/c1-10-7-13(14(9-24-10)12-8-11(20)3-4-15(12)21)17-16(18(22)27)19-23-5-2-6-26(19)25-17/h2-9H,1H3,(H2,22,27). The highest BCUT2D eigenvalue weighted by molar-refractivity contribution is 6.35. The molecule has 0 bridgehead atoms. The minimum Gasteiger partial charge on any atom is -0.365 e. The first-order valence-corrected chi connectivity index (χ1v) is 8.77. The van der Waals surface area contributed by atoms with Gasteiger partial charge in [0.15, 0.2) is 5.65 Å². The highest BCUT2D eigenvalue weighted by Crippen LogP contribution is 2.38. The Hall–Kier alpha value is -2.96. The molecule has 4 rings (SSSR count). The summed E-state index contributed by atoms with van der Waals surface area (Å²) in [5.41, 5.74) is 9.50. The Labute approximate surface area is 164 Å². The first-order chi connectivity index (χ1) is 13.0. The Morgan fingerprint density at radius 1 is 1.11 bits per heavy atom. The van der Waals surface area contributed by atoms with Crippen molar-refractivity contribution in [3.63, 3.8) is 0 Å². The third-order valence-electron chi connectivity index (χ3n) is 4.16. The smallest absolute Gasteiger partial charge is 0.254 e. The van der Waals surface area contributed by atoms with Gasteiger partial charge in [-0.2, -0.15) is 5.10 Å². The van der Waals surface area contributed by atoms with Crippen LogP contribution in [0.1, 0.15) is 16.1 Å². The van der Waals surface area contributed by atoms with Crippen LogP contribution < -0.4 is 5.73 Å². The van der Waals surface area contributed by atoms with Gasteiger partial charge in [0.2, 0.25) is 0 Å². The van der Waals surface area contributed by atoms with Crippen LogP contribution in [-0.4, -0.2) is 25.5 Å². The van der Waals surface area contributed by atoms with Gasteiger partial charge in [-0.05, 0) is 37.3 Å². The SMILES string of the molecule is Cc1cc(-c2nn3cccnc3c2C(N)=O)c(-c2cc(Cl)ccc2Cl)cn1. The summed E-state index contributed by atoms with van der Waals surface area (Å²) in [5, 5.41) is 5.58. The zero-order chi connectivity index (χ0) is 19.1. The van der Waals surface area contributed by atoms with E-state index in [0.29, 0.717) is 38.1 Å². The molecule has 6 nitrogen and oxygen atoms in total. The van der Waals surface area contributed by atoms with E-state index in [1.54, 1.807) is 42.9 Å². The number of halogens is 2. The lowest BCUT2D eigenvalue weighted by Gasteiger charge is -2.11. The molecule has 0 unspecified atom stereocenters. The fraction of sp³-hybridized carbons (Fsp3) is 0.0526. The lowest BCUT2D eigenvalue weighted by molar-refractivity contribution is 0.100. The molecule has 2 N–H and O–H groups in total. The summed E-state index contributed by atoms with van der Waals surface area (Å²) >= 11 is 12.6. The number of aryl methyl sites for hydroxylation is 1. The maximum atomic E-state index is 12.2. The van der Waals surface area contributed by atoms with Gasteiger partial charge in [-0.3, -0.25) is 9.78 Å². The molecule has 0 aliphatic carbocycles. The molecule has 3 heterocycles. The van der Waals surface area contributed by atoms with Gasteiger partial charge in [0.1, 0.15) is 11.3 Å². The largest absolute Gasteiger partial charge is 0.365 e. The fourth-order valence-corrected chi connectivity index (χ4v) is 3.37. The van der Waals surface area contributed by atoms with Crippen molar-refractivity contribution in [3.8, 4) is 22.4 Å². The molecular weight excluding hydrogens is 385 g/mol. The summed E-state index contributed by atoms with van der Waals surface area (Å²) in [4.78, 5) is 20.8. The molecule has 0 radical (unpaired) electrons. The van der Waals surface area contributed by atoms with Crippen molar-refractivity contribution in [2.24, 2.45) is 5.73 Å². The summed E-state index contributed by atoms with van der Waals surface area (Å²) in [6.45, 7) is 1.85. The lowest BCUT2D eigenvalue weighted by atomic mass is 9.97. The number of amides is 1. The molecule has 0 spiro atoms. The third kappa shape index (κ3) is 3.03. The van der Waals surface area contributed by atoms with Crippen molar-refractivity contribution in [1.82, 2.24) is 19.6 Å². The molecule has 0 fully saturated rings. The molecule has 1 amide bonds. The number of nitrogens with two attached hydrogens (primary N) is 1. The summed E-state index contributed by atoms with van der Waals surface area (Å²) in [5.74, 6) is -0.615. The predicted octanol–water partition coefficient (Wildman–Crippen LogP) is 4.17. The van der Waals surface area contributed by atoms with E-state index in [-0.39, 0.29) is 5.56 Å². The van der Waals surface area contributed by atoms with Crippen molar-refractivity contribution < 1.29 is 4.79 Å². The van der Waals surface area contributed by atoms with Gasteiger partial charge in [-0.1, -0.05) is 23.2 Å². The van der Waals surface area contributed by atoms with Crippen molar-refractivity contribution in [3.05, 3.63) is 70.2 Å². The molecule has 0 saturated carbocycles. The average molecular weight is 398 g/mol. The van der Waals surface area contributed by atoms with Crippen LogP contribution in [0.4, 0.5) is 0 Å². The number of fused-ring (bicyclic) bond motifs is 1. The summed E-state index contributed by atoms with van der Waals surface area (Å²) in [7, 11) is 0. The van der Waals surface area contributed by atoms with E-state index in [1.807, 2.05) is 13.0 Å². The van der Waals surface area contributed by atoms with E-state index < -0.39 is 5.91 Å². The van der Waals surface area contributed by atoms with E-state index in [0.717, 1.165) is 5.69 Å². The number of hydrogen-bond donors (Lipinski definition) is 1. The van der Waals surface area contributed by atoms with Crippen molar-refractivity contribution in [2.75, 3.05) is 0 Å². The highest BCUT2D eigenvalue weighted by Gasteiger charge is 2.23. The zero-order valence-corrected chi connectivity index (χ0v) is 15.7. The number of carbonyl (C=O) groups is 1. The van der Waals surface area contributed by atoms with Crippen molar-refractivity contribution >= 4 is 34.8 Å². The van der Waals surface area contributed by atoms with Gasteiger partial charge in [0.05, 0.1) is 0 Å². The van der Waals surface area contributed by atoms with E-state index >= 15 is 0 Å². The summed E-state index contributed by atoms with van der Waals surface area (Å²) in [6, 6.07) is 8.72. The molecule has 1 aromatic carbocycles. The highest BCUT2D eigenvalue weighted by atomic mass is 35.5. The second-order valence-electron chi connectivity index (χ2n) is 5.97. The number of hydrogen-bond acceptors (Lipinski definition) is 4. The summed E-state index contributed by atoms with van der Waals surface area (Å²) in [6.07, 6.45) is 4.97. The van der Waals surface area contributed by atoms with Gasteiger partial charge in [-0.15, -0.1) is 0 Å². The average Bonchev–Trinajstić information content (AvgIpc) is 3.03. The van der Waals surface area contributed by atoms with Crippen LogP contribution in [0.25, 0.3) is 28.0 Å². The zero-order valence-electron chi connectivity index (χ0n) is 14.1. The predicted molar refractivity (Wildman–Crippen MR) is 105 cm³/mol. The minimum absolute atomic E-state index is 0.237. The topological polar surface area (TPSA) is 86.2 Å². The van der Waals surface area contributed by atoms with E-state index in [4.69, 9.17) is 28.9 Å². The second-order valence-corrected chi connectivity index (χ2v) is 6.81. The Morgan fingerprint density at radius 2 is 1.93 bits per heavy atom. The van der Waals surface area contributed by atoms with Gasteiger partial charge in [-0.25, -0.2) is 9.50 Å². The van der Waals surface area contributed by atoms with Gasteiger partial charge in [0, 0.05) is 51.0 Å². The van der Waals surface area contributed by atoms with Crippen LogP contribution in [0.15, 0.2) is 48.9 Å². The normalized spacial score (nSPS) is 11.1. The Balaban J connectivity index is 2.08. The van der Waals surface area contributed by atoms with Gasteiger partial charge < -0.3 is 5.73 Å². The molecule has 3 aromatic heterocycles. The van der Waals surface area contributed by atoms with E-state index in [2.05, 4.69) is 15.1 Å². The molecule has 0 atom stereocenters.